The number of fused-ring (bicyclic) bond motifs is 10. The lowest BCUT2D eigenvalue weighted by atomic mass is 9.79. The van der Waals surface area contributed by atoms with E-state index in [9.17, 15) is 0 Å². The second-order valence-electron chi connectivity index (χ2n) is 31.7. The quantitative estimate of drug-likeness (QED) is 0.152. The number of nitrogen functional groups attached to an aromatic ring is 1. The molecule has 9 rings (SSSR count). The van der Waals surface area contributed by atoms with Crippen LogP contribution in [-0.2, 0) is 84.2 Å². The summed E-state index contributed by atoms with van der Waals surface area (Å²) in [6.07, 6.45) is 3.45. The molecule has 7 aromatic rings. The SMILES string of the molecule is CCOc1c2cc(C(C)(C)C)cc1Cc1cc(C(C)(C)C)cc3c1OCc1cc(N)cc(c1)COc1c(cc(C(C)(C)C)cc1Cc1cc(C(C)(C)C)cc(c1OCC)Cc1cc(C(C)(C)C)cc(c1OCC)C3)Cc1cc(C(C)(C)C)cc(c1OCC)C2. The molecule has 12 bridgehead atoms. The molecule has 476 valence electrons. The van der Waals surface area contributed by atoms with Gasteiger partial charge in [-0.05, 0) is 190 Å². The molecular weight excluding hydrogens is 1090 g/mol. The topological polar surface area (TPSA) is 81.4 Å². The maximum atomic E-state index is 7.55. The first-order chi connectivity index (χ1) is 41.6. The summed E-state index contributed by atoms with van der Waals surface area (Å²) in [5.74, 6) is 5.35. The fraction of sp³-hybridized carbons (Fsp3) is 0.488. The Labute approximate surface area is 536 Å². The lowest BCUT2D eigenvalue weighted by molar-refractivity contribution is 0.293. The fourth-order valence-corrected chi connectivity index (χ4v) is 12.9. The Morgan fingerprint density at radius 2 is 0.461 bits per heavy atom. The Morgan fingerprint density at radius 1 is 0.281 bits per heavy atom. The van der Waals surface area contributed by atoms with Crippen LogP contribution >= 0.6 is 0 Å². The third-order valence-corrected chi connectivity index (χ3v) is 17.9. The van der Waals surface area contributed by atoms with Crippen LogP contribution < -0.4 is 34.2 Å². The van der Waals surface area contributed by atoms with Crippen LogP contribution in [0.4, 0.5) is 5.69 Å². The van der Waals surface area contributed by atoms with Crippen molar-refractivity contribution in [3.05, 3.63) is 202 Å². The summed E-state index contributed by atoms with van der Waals surface area (Å²) < 4.78 is 43.4. The summed E-state index contributed by atoms with van der Waals surface area (Å²) >= 11 is 0. The molecular formula is C82H107NO6. The van der Waals surface area contributed by atoms with E-state index in [2.05, 4.69) is 243 Å². The molecule has 2 heterocycles. The highest BCUT2D eigenvalue weighted by Crippen LogP contribution is 2.47. The van der Waals surface area contributed by atoms with E-state index < -0.39 is 0 Å². The van der Waals surface area contributed by atoms with Gasteiger partial charge in [0.25, 0.3) is 0 Å². The molecule has 7 heteroatoms. The average Bonchev–Trinajstić information content (AvgIpc) is 1.17. The summed E-state index contributed by atoms with van der Waals surface area (Å²) in [7, 11) is 0. The first-order valence-corrected chi connectivity index (χ1v) is 33.2. The van der Waals surface area contributed by atoms with Crippen LogP contribution in [0.1, 0.15) is 264 Å². The van der Waals surface area contributed by atoms with Crippen molar-refractivity contribution in [1.29, 1.82) is 0 Å². The van der Waals surface area contributed by atoms with Gasteiger partial charge in [0.15, 0.2) is 0 Å². The molecule has 0 saturated heterocycles. The van der Waals surface area contributed by atoms with E-state index in [1.807, 2.05) is 0 Å². The van der Waals surface area contributed by atoms with Gasteiger partial charge in [0.05, 0.1) is 26.4 Å². The number of hydrogen-bond donors (Lipinski definition) is 1. The number of ether oxygens (including phenoxy) is 6. The van der Waals surface area contributed by atoms with Crippen LogP contribution in [0, 0.1) is 0 Å². The van der Waals surface area contributed by atoms with Crippen molar-refractivity contribution < 1.29 is 28.4 Å². The van der Waals surface area contributed by atoms with Gasteiger partial charge in [0.1, 0.15) is 47.7 Å². The molecule has 0 spiro atoms. The number of nitrogens with two attached hydrogens (primary N) is 1. The zero-order valence-electron chi connectivity index (χ0n) is 58.7. The maximum Gasteiger partial charge on any atom is 0.126 e. The van der Waals surface area contributed by atoms with Crippen LogP contribution in [0.25, 0.3) is 0 Å². The summed E-state index contributed by atoms with van der Waals surface area (Å²) in [5, 5.41) is 0. The van der Waals surface area contributed by atoms with Crippen LogP contribution in [-0.4, -0.2) is 26.4 Å². The van der Waals surface area contributed by atoms with Crippen molar-refractivity contribution in [3.63, 3.8) is 0 Å². The van der Waals surface area contributed by atoms with Gasteiger partial charge in [-0.2, -0.15) is 0 Å². The predicted octanol–water partition coefficient (Wildman–Crippen LogP) is 20.0. The third-order valence-electron chi connectivity index (χ3n) is 17.9. The molecule has 0 unspecified atom stereocenters. The molecule has 0 radical (unpaired) electrons. The van der Waals surface area contributed by atoms with Crippen molar-refractivity contribution in [1.82, 2.24) is 0 Å². The molecule has 2 N–H and O–H groups in total. The minimum absolute atomic E-state index is 0.190. The molecule has 0 amide bonds. The number of hydrogen-bond acceptors (Lipinski definition) is 7. The smallest absolute Gasteiger partial charge is 0.126 e. The Balaban J connectivity index is 1.52. The highest BCUT2D eigenvalue weighted by Gasteiger charge is 2.32. The molecule has 0 fully saturated rings. The zero-order chi connectivity index (χ0) is 64.9. The molecule has 89 heavy (non-hydrogen) atoms. The fourth-order valence-electron chi connectivity index (χ4n) is 12.9. The van der Waals surface area contributed by atoms with Crippen LogP contribution in [0.2, 0.25) is 0 Å². The number of rotatable bonds is 8. The second-order valence-corrected chi connectivity index (χ2v) is 31.7. The van der Waals surface area contributed by atoms with Crippen LogP contribution in [0.3, 0.4) is 0 Å². The van der Waals surface area contributed by atoms with Crippen molar-refractivity contribution in [2.75, 3.05) is 32.2 Å². The largest absolute Gasteiger partial charge is 0.493 e. The zero-order valence-corrected chi connectivity index (χ0v) is 58.7. The predicted molar refractivity (Wildman–Crippen MR) is 372 cm³/mol. The van der Waals surface area contributed by atoms with E-state index in [1.54, 1.807) is 0 Å². The van der Waals surface area contributed by atoms with Gasteiger partial charge in [-0.25, -0.2) is 0 Å². The molecule has 0 aromatic heterocycles. The summed E-state index contributed by atoms with van der Waals surface area (Å²) in [6.45, 7) is 52.8. The van der Waals surface area contributed by atoms with Crippen molar-refractivity contribution in [3.8, 4) is 34.5 Å². The highest BCUT2D eigenvalue weighted by molar-refractivity contribution is 5.62. The van der Waals surface area contributed by atoms with E-state index in [1.165, 1.54) is 33.4 Å². The lowest BCUT2D eigenvalue weighted by Crippen LogP contribution is -2.18. The normalized spacial score (nSPS) is 14.2. The molecule has 2 aliphatic heterocycles. The Kier molecular flexibility index (Phi) is 19.0. The van der Waals surface area contributed by atoms with Crippen molar-refractivity contribution in [2.24, 2.45) is 0 Å². The van der Waals surface area contributed by atoms with E-state index in [-0.39, 0.29) is 45.7 Å². The van der Waals surface area contributed by atoms with Gasteiger partial charge < -0.3 is 34.2 Å². The maximum absolute atomic E-state index is 7.55. The Bertz CT molecular complexity index is 3310. The Morgan fingerprint density at radius 3 is 0.640 bits per heavy atom. The summed E-state index contributed by atoms with van der Waals surface area (Å²) in [6, 6.07) is 35.2. The van der Waals surface area contributed by atoms with E-state index in [0.717, 1.165) is 112 Å². The molecule has 0 aliphatic carbocycles. The minimum Gasteiger partial charge on any atom is -0.493 e. The van der Waals surface area contributed by atoms with Crippen LogP contribution in [0.15, 0.2) is 91.0 Å². The molecule has 0 atom stereocenters. The Hall–Kier alpha value is -6.86. The summed E-state index contributed by atoms with van der Waals surface area (Å²) in [5.41, 5.74) is 29.3. The molecule has 7 nitrogen and oxygen atoms in total. The lowest BCUT2D eigenvalue weighted by Gasteiger charge is -2.29. The minimum atomic E-state index is -0.215. The number of anilines is 1. The van der Waals surface area contributed by atoms with Crippen molar-refractivity contribution in [2.45, 2.75) is 237 Å². The van der Waals surface area contributed by atoms with Gasteiger partial charge in [0, 0.05) is 44.2 Å². The van der Waals surface area contributed by atoms with Crippen molar-refractivity contribution >= 4 is 5.69 Å². The average molecular weight is 1200 g/mol. The van der Waals surface area contributed by atoms with Gasteiger partial charge in [-0.1, -0.05) is 197 Å². The second kappa shape index (κ2) is 25.4. The first-order valence-electron chi connectivity index (χ1n) is 33.2. The number of benzene rings is 7. The monoisotopic (exact) mass is 1200 g/mol. The third kappa shape index (κ3) is 15.2. The first kappa shape index (κ1) is 66.6. The van der Waals surface area contributed by atoms with E-state index >= 15 is 0 Å². The van der Waals surface area contributed by atoms with E-state index in [0.29, 0.717) is 70.6 Å². The van der Waals surface area contributed by atoms with E-state index in [4.69, 9.17) is 34.2 Å². The molecule has 2 aliphatic rings. The molecule has 7 aromatic carbocycles. The standard InChI is InChI=1S/C82H107NO6/c1-23-84-71-52-30-53-37-65(78(8,9)10)41-57(72(53)85-24-2)33-62-46-69(82(20,21)22)47-63-35-59-43-67(80(14,15)16)39-55(74(59)87-26-4)31-54-38-66(79(11,12)13)42-58(73(54)86-25-3)34-61-45-68(81(17,18)19)44-60(32-56(71)40-64(36-52)77(5,6)7)75(61)88-48-50-27-51(29-70(83)28-50)49-89-76(62)63/h27-29,36-47H,23-26,30-35,48-49,83H2,1-22H3. The summed E-state index contributed by atoms with van der Waals surface area (Å²) in [4.78, 5) is 0. The van der Waals surface area contributed by atoms with Crippen LogP contribution in [0.5, 0.6) is 34.5 Å². The van der Waals surface area contributed by atoms with Gasteiger partial charge in [-0.15, -0.1) is 0 Å². The van der Waals surface area contributed by atoms with Gasteiger partial charge in [-0.3, -0.25) is 0 Å². The molecule has 0 saturated carbocycles. The van der Waals surface area contributed by atoms with Gasteiger partial charge >= 0.3 is 0 Å². The highest BCUT2D eigenvalue weighted by atomic mass is 16.5. The van der Waals surface area contributed by atoms with Gasteiger partial charge in [0.2, 0.25) is 0 Å².